The van der Waals surface area contributed by atoms with Gasteiger partial charge < -0.3 is 15.1 Å². The fourth-order valence-electron chi connectivity index (χ4n) is 7.15. The van der Waals surface area contributed by atoms with Crippen LogP contribution < -0.4 is 0 Å². The minimum Gasteiger partial charge on any atom is -0.508 e. The van der Waals surface area contributed by atoms with Crippen molar-refractivity contribution in [2.45, 2.75) is 56.5 Å². The Bertz CT molecular complexity index is 1040. The molecule has 4 bridgehead atoms. The number of carboxylic acid groups (broad SMARTS) is 1. The number of nitrogens with zero attached hydrogens (tertiary/aromatic N) is 1. The SMILES string of the molecule is O=C(O)c1ccc(C2CC(c3ccc(O)c(C45CC6CC(CC(C6)C4)C5)c3)=NO2)cc1. The number of phenolic OH excluding ortho intramolecular Hbond substituents is 1. The van der Waals surface area contributed by atoms with Crippen LogP contribution in [0.4, 0.5) is 0 Å². The summed E-state index contributed by atoms with van der Waals surface area (Å²) in [5.41, 5.74) is 4.33. The number of carbonyl (C=O) groups is 1. The Morgan fingerprint density at radius 2 is 1.61 bits per heavy atom. The normalized spacial score (nSPS) is 33.2. The first kappa shape index (κ1) is 18.9. The van der Waals surface area contributed by atoms with Gasteiger partial charge in [0.1, 0.15) is 5.75 Å². The highest BCUT2D eigenvalue weighted by atomic mass is 16.6. The van der Waals surface area contributed by atoms with Crippen LogP contribution in [-0.4, -0.2) is 21.9 Å². The molecule has 2 aromatic rings. The van der Waals surface area contributed by atoms with Crippen molar-refractivity contribution in [1.82, 2.24) is 0 Å². The molecule has 5 aliphatic rings. The van der Waals surface area contributed by atoms with Gasteiger partial charge in [-0.1, -0.05) is 17.3 Å². The van der Waals surface area contributed by atoms with Gasteiger partial charge in [-0.05, 0) is 97.6 Å². The van der Waals surface area contributed by atoms with E-state index in [1.165, 1.54) is 38.5 Å². The fraction of sp³-hybridized carbons (Fsp3) is 0.462. The van der Waals surface area contributed by atoms with Crippen molar-refractivity contribution in [2.24, 2.45) is 22.9 Å². The van der Waals surface area contributed by atoms with Gasteiger partial charge in [0.05, 0.1) is 11.3 Å². The lowest BCUT2D eigenvalue weighted by Gasteiger charge is -2.57. The van der Waals surface area contributed by atoms with Gasteiger partial charge in [0.2, 0.25) is 0 Å². The lowest BCUT2D eigenvalue weighted by molar-refractivity contribution is -0.00614. The van der Waals surface area contributed by atoms with Crippen LogP contribution in [0.25, 0.3) is 0 Å². The number of carboxylic acids is 1. The van der Waals surface area contributed by atoms with Gasteiger partial charge in [-0.15, -0.1) is 0 Å². The summed E-state index contributed by atoms with van der Waals surface area (Å²) in [7, 11) is 0. The van der Waals surface area contributed by atoms with Crippen LogP contribution in [0.5, 0.6) is 5.75 Å². The second-order valence-electron chi connectivity index (χ2n) is 10.2. The summed E-state index contributed by atoms with van der Waals surface area (Å²) >= 11 is 0. The molecule has 4 saturated carbocycles. The molecule has 0 aromatic heterocycles. The molecule has 5 heteroatoms. The van der Waals surface area contributed by atoms with E-state index in [1.54, 1.807) is 24.3 Å². The number of hydrogen-bond acceptors (Lipinski definition) is 4. The van der Waals surface area contributed by atoms with E-state index < -0.39 is 5.97 Å². The zero-order valence-electron chi connectivity index (χ0n) is 17.5. The van der Waals surface area contributed by atoms with E-state index in [2.05, 4.69) is 11.2 Å². The van der Waals surface area contributed by atoms with E-state index in [4.69, 9.17) is 9.94 Å². The molecule has 4 aliphatic carbocycles. The molecule has 2 aromatic carbocycles. The molecule has 0 radical (unpaired) electrons. The first-order valence-corrected chi connectivity index (χ1v) is 11.4. The maximum Gasteiger partial charge on any atom is 0.335 e. The monoisotopic (exact) mass is 417 g/mol. The van der Waals surface area contributed by atoms with Crippen molar-refractivity contribution in [3.8, 4) is 5.75 Å². The van der Waals surface area contributed by atoms with Gasteiger partial charge in [0, 0.05) is 17.5 Å². The smallest absolute Gasteiger partial charge is 0.335 e. The van der Waals surface area contributed by atoms with Crippen LogP contribution in [0.2, 0.25) is 0 Å². The molecule has 2 N–H and O–H groups in total. The molecular weight excluding hydrogens is 390 g/mol. The molecule has 0 amide bonds. The summed E-state index contributed by atoms with van der Waals surface area (Å²) in [5.74, 6) is 1.95. The second-order valence-corrected chi connectivity index (χ2v) is 10.2. The number of aromatic carboxylic acids is 1. The third-order valence-electron chi connectivity index (χ3n) is 8.14. The second kappa shape index (κ2) is 6.84. The van der Waals surface area contributed by atoms with Gasteiger partial charge in [-0.25, -0.2) is 4.79 Å². The molecule has 1 unspecified atom stereocenters. The Labute approximate surface area is 181 Å². The van der Waals surface area contributed by atoms with Gasteiger partial charge in [0.15, 0.2) is 6.10 Å². The van der Waals surface area contributed by atoms with Gasteiger partial charge in [0.25, 0.3) is 0 Å². The predicted molar refractivity (Wildman–Crippen MR) is 116 cm³/mol. The number of oxime groups is 1. The van der Waals surface area contributed by atoms with Crippen molar-refractivity contribution in [1.29, 1.82) is 0 Å². The topological polar surface area (TPSA) is 79.1 Å². The van der Waals surface area contributed by atoms with Crippen LogP contribution in [0.3, 0.4) is 0 Å². The van der Waals surface area contributed by atoms with Crippen molar-refractivity contribution in [3.05, 3.63) is 64.7 Å². The minimum absolute atomic E-state index is 0.126. The Kier molecular flexibility index (Phi) is 4.17. The van der Waals surface area contributed by atoms with Crippen molar-refractivity contribution < 1.29 is 19.8 Å². The largest absolute Gasteiger partial charge is 0.508 e. The van der Waals surface area contributed by atoms with Crippen LogP contribution in [0.1, 0.15) is 78.1 Å². The van der Waals surface area contributed by atoms with E-state index in [0.717, 1.165) is 40.2 Å². The summed E-state index contributed by atoms with van der Waals surface area (Å²) in [6, 6.07) is 12.7. The lowest BCUT2D eigenvalue weighted by Crippen LogP contribution is -2.48. The van der Waals surface area contributed by atoms with Crippen molar-refractivity contribution >= 4 is 11.7 Å². The molecule has 4 fully saturated rings. The Morgan fingerprint density at radius 1 is 0.968 bits per heavy atom. The highest BCUT2D eigenvalue weighted by Gasteiger charge is 2.52. The zero-order valence-corrected chi connectivity index (χ0v) is 17.5. The molecule has 5 nitrogen and oxygen atoms in total. The summed E-state index contributed by atoms with van der Waals surface area (Å²) in [6.45, 7) is 0. The number of benzene rings is 2. The van der Waals surface area contributed by atoms with E-state index in [-0.39, 0.29) is 17.1 Å². The summed E-state index contributed by atoms with van der Waals surface area (Å²) < 4.78 is 0. The first-order valence-electron chi connectivity index (χ1n) is 11.4. The molecule has 7 rings (SSSR count). The third kappa shape index (κ3) is 3.13. The average Bonchev–Trinajstić information content (AvgIpc) is 3.23. The molecule has 0 saturated heterocycles. The number of aromatic hydroxyl groups is 1. The van der Waals surface area contributed by atoms with Crippen molar-refractivity contribution in [3.63, 3.8) is 0 Å². The lowest BCUT2D eigenvalue weighted by atomic mass is 9.48. The maximum absolute atomic E-state index is 11.1. The summed E-state index contributed by atoms with van der Waals surface area (Å²) in [4.78, 5) is 16.8. The number of phenols is 1. The quantitative estimate of drug-likeness (QED) is 0.696. The fourth-order valence-corrected chi connectivity index (χ4v) is 7.15. The van der Waals surface area contributed by atoms with Crippen LogP contribution in [0, 0.1) is 17.8 Å². The Hall–Kier alpha value is -2.82. The van der Waals surface area contributed by atoms with E-state index in [9.17, 15) is 9.90 Å². The standard InChI is InChI=1S/C26H27NO4/c28-23-6-5-20(10-21(23)26-12-15-7-16(13-26)9-17(8-15)14-26)22-11-24(31-27-22)18-1-3-19(4-2-18)25(29)30/h1-6,10,15-17,24,28H,7-9,11-14H2,(H,29,30). The molecular formula is C26H27NO4. The average molecular weight is 418 g/mol. The Morgan fingerprint density at radius 3 is 2.23 bits per heavy atom. The molecule has 1 aliphatic heterocycles. The van der Waals surface area contributed by atoms with Crippen molar-refractivity contribution in [2.75, 3.05) is 0 Å². The van der Waals surface area contributed by atoms with Gasteiger partial charge in [-0.2, -0.15) is 0 Å². The van der Waals surface area contributed by atoms with Gasteiger partial charge >= 0.3 is 5.97 Å². The van der Waals surface area contributed by atoms with E-state index in [1.807, 2.05) is 12.1 Å². The summed E-state index contributed by atoms with van der Waals surface area (Å²) in [5, 5.41) is 24.3. The summed E-state index contributed by atoms with van der Waals surface area (Å²) in [6.07, 6.45) is 8.17. The Balaban J connectivity index is 1.26. The minimum atomic E-state index is -0.933. The molecule has 0 spiro atoms. The molecule has 1 atom stereocenters. The predicted octanol–water partition coefficient (Wildman–Crippen LogP) is 5.42. The molecule has 31 heavy (non-hydrogen) atoms. The van der Waals surface area contributed by atoms with Crippen LogP contribution in [0.15, 0.2) is 47.6 Å². The van der Waals surface area contributed by atoms with Crippen LogP contribution in [-0.2, 0) is 10.3 Å². The maximum atomic E-state index is 11.1. The van der Waals surface area contributed by atoms with Gasteiger partial charge in [-0.3, -0.25) is 0 Å². The van der Waals surface area contributed by atoms with Crippen LogP contribution >= 0.6 is 0 Å². The number of rotatable bonds is 4. The molecule has 1 heterocycles. The highest BCUT2D eigenvalue weighted by Crippen LogP contribution is 2.61. The highest BCUT2D eigenvalue weighted by molar-refractivity contribution is 6.01. The molecule has 160 valence electrons. The number of hydrogen-bond donors (Lipinski definition) is 2. The van der Waals surface area contributed by atoms with E-state index in [0.29, 0.717) is 12.2 Å². The van der Waals surface area contributed by atoms with E-state index >= 15 is 0 Å². The third-order valence-corrected chi connectivity index (χ3v) is 8.14. The zero-order chi connectivity index (χ0) is 21.2. The first-order chi connectivity index (χ1) is 15.0.